The van der Waals surface area contributed by atoms with Crippen LogP contribution in [0.1, 0.15) is 22.8 Å². The standard InChI is InChI=1S/C20H21NO4/c1-4-5-15-6-11-18(19(12-15)24-3)25-13-20(23)21-17-9-7-16(8-10-17)14(2)22/h4,6-12H,1,5,13H2,2-3H3,(H,21,23). The van der Waals surface area contributed by atoms with Gasteiger partial charge in [-0.1, -0.05) is 12.1 Å². The van der Waals surface area contributed by atoms with Gasteiger partial charge in [-0.2, -0.15) is 0 Å². The SMILES string of the molecule is C=CCc1ccc(OCC(=O)Nc2ccc(C(C)=O)cc2)c(OC)c1. The lowest BCUT2D eigenvalue weighted by Crippen LogP contribution is -2.20. The first kappa shape index (κ1) is 18.3. The number of amides is 1. The number of ether oxygens (including phenoxy) is 2. The highest BCUT2D eigenvalue weighted by atomic mass is 16.5. The van der Waals surface area contributed by atoms with Crippen LogP contribution >= 0.6 is 0 Å². The molecule has 0 bridgehead atoms. The fourth-order valence-corrected chi connectivity index (χ4v) is 2.25. The third kappa shape index (κ3) is 5.21. The van der Waals surface area contributed by atoms with E-state index in [-0.39, 0.29) is 18.3 Å². The second kappa shape index (κ2) is 8.68. The summed E-state index contributed by atoms with van der Waals surface area (Å²) in [6.45, 7) is 5.05. The number of hydrogen-bond acceptors (Lipinski definition) is 4. The topological polar surface area (TPSA) is 64.6 Å². The Morgan fingerprint density at radius 1 is 1.12 bits per heavy atom. The van der Waals surface area contributed by atoms with Gasteiger partial charge in [0.15, 0.2) is 23.9 Å². The van der Waals surface area contributed by atoms with Crippen molar-refractivity contribution in [1.82, 2.24) is 0 Å². The van der Waals surface area contributed by atoms with Crippen molar-refractivity contribution in [3.63, 3.8) is 0 Å². The van der Waals surface area contributed by atoms with E-state index < -0.39 is 0 Å². The van der Waals surface area contributed by atoms with Crippen molar-refractivity contribution in [3.8, 4) is 11.5 Å². The molecule has 0 fully saturated rings. The van der Waals surface area contributed by atoms with E-state index in [1.54, 1.807) is 43.5 Å². The first-order valence-corrected chi connectivity index (χ1v) is 7.85. The number of carbonyl (C=O) groups excluding carboxylic acids is 2. The van der Waals surface area contributed by atoms with Crippen molar-refractivity contribution in [2.75, 3.05) is 19.0 Å². The monoisotopic (exact) mass is 339 g/mol. The summed E-state index contributed by atoms with van der Waals surface area (Å²) < 4.78 is 10.8. The quantitative estimate of drug-likeness (QED) is 0.589. The average Bonchev–Trinajstić information content (AvgIpc) is 2.61. The first-order chi connectivity index (χ1) is 12.0. The van der Waals surface area contributed by atoms with Crippen LogP contribution in [0.4, 0.5) is 5.69 Å². The van der Waals surface area contributed by atoms with Gasteiger partial charge in [0.2, 0.25) is 0 Å². The van der Waals surface area contributed by atoms with Crippen LogP contribution in [0.25, 0.3) is 0 Å². The molecule has 0 heterocycles. The molecule has 1 amide bonds. The van der Waals surface area contributed by atoms with Gasteiger partial charge in [0, 0.05) is 11.3 Å². The summed E-state index contributed by atoms with van der Waals surface area (Å²) in [6, 6.07) is 12.2. The molecule has 0 aliphatic rings. The molecule has 25 heavy (non-hydrogen) atoms. The van der Waals surface area contributed by atoms with E-state index in [2.05, 4.69) is 11.9 Å². The number of methoxy groups -OCH3 is 1. The van der Waals surface area contributed by atoms with Crippen LogP contribution < -0.4 is 14.8 Å². The van der Waals surface area contributed by atoms with Gasteiger partial charge in [-0.25, -0.2) is 0 Å². The van der Waals surface area contributed by atoms with Crippen molar-refractivity contribution in [2.24, 2.45) is 0 Å². The van der Waals surface area contributed by atoms with Gasteiger partial charge in [-0.05, 0) is 55.3 Å². The number of anilines is 1. The summed E-state index contributed by atoms with van der Waals surface area (Å²) in [4.78, 5) is 23.3. The van der Waals surface area contributed by atoms with Gasteiger partial charge in [0.25, 0.3) is 5.91 Å². The lowest BCUT2D eigenvalue weighted by molar-refractivity contribution is -0.118. The van der Waals surface area contributed by atoms with E-state index in [0.29, 0.717) is 22.7 Å². The van der Waals surface area contributed by atoms with Crippen LogP contribution in [0.2, 0.25) is 0 Å². The molecular formula is C20H21NO4. The van der Waals surface area contributed by atoms with E-state index in [9.17, 15) is 9.59 Å². The number of allylic oxidation sites excluding steroid dienone is 1. The largest absolute Gasteiger partial charge is 0.493 e. The maximum atomic E-state index is 12.0. The summed E-state index contributed by atoms with van der Waals surface area (Å²) in [5.41, 5.74) is 2.25. The highest BCUT2D eigenvalue weighted by Crippen LogP contribution is 2.28. The van der Waals surface area contributed by atoms with Gasteiger partial charge in [-0.15, -0.1) is 6.58 Å². The second-order valence-electron chi connectivity index (χ2n) is 5.45. The molecule has 2 aromatic rings. The van der Waals surface area contributed by atoms with Crippen molar-refractivity contribution in [2.45, 2.75) is 13.3 Å². The molecule has 0 aliphatic carbocycles. The van der Waals surface area contributed by atoms with Crippen molar-refractivity contribution < 1.29 is 19.1 Å². The minimum Gasteiger partial charge on any atom is -0.493 e. The lowest BCUT2D eigenvalue weighted by atomic mass is 10.1. The van der Waals surface area contributed by atoms with Crippen LogP contribution in [0.15, 0.2) is 55.1 Å². The minimum absolute atomic E-state index is 0.0202. The zero-order valence-corrected chi connectivity index (χ0v) is 14.4. The minimum atomic E-state index is -0.298. The Balaban J connectivity index is 1.95. The molecule has 5 nitrogen and oxygen atoms in total. The number of nitrogens with one attached hydrogen (secondary N) is 1. The van der Waals surface area contributed by atoms with E-state index in [4.69, 9.17) is 9.47 Å². The summed E-state index contributed by atoms with van der Waals surface area (Å²) in [5.74, 6) is 0.747. The highest BCUT2D eigenvalue weighted by Gasteiger charge is 2.09. The third-order valence-electron chi connectivity index (χ3n) is 3.54. The lowest BCUT2D eigenvalue weighted by Gasteiger charge is -2.12. The fraction of sp³-hybridized carbons (Fsp3) is 0.200. The van der Waals surface area contributed by atoms with E-state index >= 15 is 0 Å². The number of ketones is 1. The molecular weight excluding hydrogens is 318 g/mol. The Morgan fingerprint density at radius 2 is 1.84 bits per heavy atom. The van der Waals surface area contributed by atoms with Gasteiger partial charge < -0.3 is 14.8 Å². The number of rotatable bonds is 8. The van der Waals surface area contributed by atoms with E-state index in [0.717, 1.165) is 12.0 Å². The van der Waals surface area contributed by atoms with Crippen molar-refractivity contribution in [1.29, 1.82) is 0 Å². The number of hydrogen-bond donors (Lipinski definition) is 1. The molecule has 1 N–H and O–H groups in total. The maximum absolute atomic E-state index is 12.0. The third-order valence-corrected chi connectivity index (χ3v) is 3.54. The van der Waals surface area contributed by atoms with Gasteiger partial charge in [0.1, 0.15) is 0 Å². The van der Waals surface area contributed by atoms with Crippen LogP contribution in [-0.2, 0) is 11.2 Å². The molecule has 2 rings (SSSR count). The van der Waals surface area contributed by atoms with E-state index in [1.807, 2.05) is 12.1 Å². The molecule has 2 aromatic carbocycles. The van der Waals surface area contributed by atoms with Crippen molar-refractivity contribution >= 4 is 17.4 Å². The highest BCUT2D eigenvalue weighted by molar-refractivity contribution is 5.95. The summed E-state index contributed by atoms with van der Waals surface area (Å²) in [6.07, 6.45) is 2.54. The summed E-state index contributed by atoms with van der Waals surface area (Å²) >= 11 is 0. The normalized spacial score (nSPS) is 10.0. The maximum Gasteiger partial charge on any atom is 0.262 e. The van der Waals surface area contributed by atoms with Crippen LogP contribution in [0, 0.1) is 0 Å². The number of Topliss-reactive ketones (excluding diaryl/α,β-unsaturated/α-hetero) is 1. The molecule has 0 aromatic heterocycles. The van der Waals surface area contributed by atoms with Crippen molar-refractivity contribution in [3.05, 3.63) is 66.2 Å². The smallest absolute Gasteiger partial charge is 0.262 e. The Morgan fingerprint density at radius 3 is 2.44 bits per heavy atom. The first-order valence-electron chi connectivity index (χ1n) is 7.85. The van der Waals surface area contributed by atoms with Gasteiger partial charge >= 0.3 is 0 Å². The zero-order chi connectivity index (χ0) is 18.2. The van der Waals surface area contributed by atoms with E-state index in [1.165, 1.54) is 6.92 Å². The second-order valence-corrected chi connectivity index (χ2v) is 5.45. The molecule has 0 atom stereocenters. The molecule has 0 unspecified atom stereocenters. The Hall–Kier alpha value is -3.08. The molecule has 0 saturated carbocycles. The number of benzene rings is 2. The summed E-state index contributed by atoms with van der Waals surface area (Å²) in [7, 11) is 1.55. The van der Waals surface area contributed by atoms with Crippen LogP contribution in [0.5, 0.6) is 11.5 Å². The Kier molecular flexibility index (Phi) is 6.34. The Bertz CT molecular complexity index is 766. The molecule has 5 heteroatoms. The average molecular weight is 339 g/mol. The predicted molar refractivity (Wildman–Crippen MR) is 97.5 cm³/mol. The number of carbonyl (C=O) groups is 2. The fourth-order valence-electron chi connectivity index (χ4n) is 2.25. The zero-order valence-electron chi connectivity index (χ0n) is 14.4. The van der Waals surface area contributed by atoms with Gasteiger partial charge in [0.05, 0.1) is 7.11 Å². The van der Waals surface area contributed by atoms with Crippen LogP contribution in [-0.4, -0.2) is 25.4 Å². The van der Waals surface area contributed by atoms with Gasteiger partial charge in [-0.3, -0.25) is 9.59 Å². The molecule has 0 spiro atoms. The molecule has 0 saturated heterocycles. The van der Waals surface area contributed by atoms with Crippen LogP contribution in [0.3, 0.4) is 0 Å². The molecule has 130 valence electrons. The summed E-state index contributed by atoms with van der Waals surface area (Å²) in [5, 5.41) is 2.72. The molecule has 0 aliphatic heterocycles. The molecule has 0 radical (unpaired) electrons. The predicted octanol–water partition coefficient (Wildman–Crippen LogP) is 3.64. The Labute approximate surface area is 147 Å².